The zero-order valence-corrected chi connectivity index (χ0v) is 17.1. The molecule has 0 unspecified atom stereocenters. The van der Waals surface area contributed by atoms with Gasteiger partial charge in [0.25, 0.3) is 0 Å². The average molecular weight is 413 g/mol. The Hall–Kier alpha value is -2.67. The van der Waals surface area contributed by atoms with Crippen LogP contribution in [0, 0.1) is 0 Å². The fraction of sp³-hybridized carbons (Fsp3) is 0.364. The van der Waals surface area contributed by atoms with E-state index in [1.54, 1.807) is 25.1 Å². The molecule has 1 fully saturated rings. The van der Waals surface area contributed by atoms with Crippen molar-refractivity contribution in [2.24, 2.45) is 0 Å². The quantitative estimate of drug-likeness (QED) is 0.515. The third-order valence-corrected chi connectivity index (χ3v) is 7.54. The molecule has 29 heavy (non-hydrogen) atoms. The lowest BCUT2D eigenvalue weighted by molar-refractivity contribution is -0.145. The normalized spacial score (nSPS) is 16.9. The third kappa shape index (κ3) is 3.55. The molecule has 0 amide bonds. The first-order chi connectivity index (χ1) is 13.9. The summed E-state index contributed by atoms with van der Waals surface area (Å²) in [4.78, 5) is 25.1. The number of rotatable bonds is 7. The second-order valence-electron chi connectivity index (χ2n) is 7.51. The van der Waals surface area contributed by atoms with Crippen molar-refractivity contribution in [1.29, 1.82) is 0 Å². The van der Waals surface area contributed by atoms with E-state index in [2.05, 4.69) is 0 Å². The van der Waals surface area contributed by atoms with E-state index in [-0.39, 0.29) is 24.1 Å². The van der Waals surface area contributed by atoms with Crippen LogP contribution in [0.5, 0.6) is 0 Å². The number of hydrogen-bond acceptors (Lipinski definition) is 5. The van der Waals surface area contributed by atoms with Crippen LogP contribution >= 0.6 is 0 Å². The van der Waals surface area contributed by atoms with Gasteiger partial charge in [-0.2, -0.15) is 0 Å². The van der Waals surface area contributed by atoms with Gasteiger partial charge in [-0.3, -0.25) is 13.9 Å². The van der Waals surface area contributed by atoms with Gasteiger partial charge < -0.3 is 4.74 Å². The molecule has 0 radical (unpaired) electrons. The van der Waals surface area contributed by atoms with Crippen LogP contribution < -0.4 is 4.31 Å². The largest absolute Gasteiger partial charge is 0.457 e. The maximum Gasteiger partial charge on any atom is 0.317 e. The molecule has 2 aromatic carbocycles. The number of carbonyl (C=O) groups excluding carboxylic acids is 2. The summed E-state index contributed by atoms with van der Waals surface area (Å²) in [5, 5.41) is 0. The Morgan fingerprint density at radius 2 is 1.83 bits per heavy atom. The number of sulfonamides is 1. The fourth-order valence-electron chi connectivity index (χ4n) is 3.84. The molecule has 0 saturated heterocycles. The number of hydrogen-bond donors (Lipinski definition) is 0. The highest BCUT2D eigenvalue weighted by Gasteiger charge is 2.52. The zero-order chi connectivity index (χ0) is 20.6. The highest BCUT2D eigenvalue weighted by Crippen LogP contribution is 2.49. The van der Waals surface area contributed by atoms with Gasteiger partial charge in [0, 0.05) is 12.1 Å². The molecule has 0 bridgehead atoms. The summed E-state index contributed by atoms with van der Waals surface area (Å²) in [5.41, 5.74) is 2.18. The lowest BCUT2D eigenvalue weighted by Gasteiger charge is -2.18. The molecule has 2 aromatic rings. The SMILES string of the molecule is CCS(=O)(=O)N1CCc2cc(C(=O)COC(=O)C3(c4ccccc4)CC3)ccc21. The van der Waals surface area contributed by atoms with Crippen molar-refractivity contribution in [2.75, 3.05) is 23.2 Å². The van der Waals surface area contributed by atoms with E-state index in [1.165, 1.54) is 4.31 Å². The van der Waals surface area contributed by atoms with E-state index in [9.17, 15) is 18.0 Å². The van der Waals surface area contributed by atoms with Gasteiger partial charge in [0.2, 0.25) is 10.0 Å². The van der Waals surface area contributed by atoms with Gasteiger partial charge in [0.05, 0.1) is 16.9 Å². The predicted molar refractivity (Wildman–Crippen MR) is 110 cm³/mol. The van der Waals surface area contributed by atoms with Crippen LogP contribution in [0.2, 0.25) is 0 Å². The van der Waals surface area contributed by atoms with Crippen molar-refractivity contribution < 1.29 is 22.7 Å². The maximum absolute atomic E-state index is 12.6. The van der Waals surface area contributed by atoms with Gasteiger partial charge in [-0.1, -0.05) is 30.3 Å². The van der Waals surface area contributed by atoms with Crippen molar-refractivity contribution in [1.82, 2.24) is 0 Å². The second kappa shape index (κ2) is 7.30. The average Bonchev–Trinajstić information content (AvgIpc) is 3.44. The molecule has 7 heteroatoms. The van der Waals surface area contributed by atoms with Crippen molar-refractivity contribution in [3.8, 4) is 0 Å². The molecule has 4 rings (SSSR count). The third-order valence-electron chi connectivity index (χ3n) is 5.76. The molecule has 2 aliphatic rings. The van der Waals surface area contributed by atoms with Crippen LogP contribution in [-0.2, 0) is 31.4 Å². The summed E-state index contributed by atoms with van der Waals surface area (Å²) >= 11 is 0. The number of carbonyl (C=O) groups is 2. The topological polar surface area (TPSA) is 80.8 Å². The molecule has 152 valence electrons. The van der Waals surface area contributed by atoms with E-state index in [4.69, 9.17) is 4.74 Å². The molecule has 1 aliphatic carbocycles. The first-order valence-electron chi connectivity index (χ1n) is 9.77. The number of esters is 1. The number of anilines is 1. The maximum atomic E-state index is 12.6. The van der Waals surface area contributed by atoms with Crippen molar-refractivity contribution in [2.45, 2.75) is 31.6 Å². The van der Waals surface area contributed by atoms with Crippen molar-refractivity contribution >= 4 is 27.5 Å². The highest BCUT2D eigenvalue weighted by molar-refractivity contribution is 7.92. The first kappa shape index (κ1) is 19.6. The molecular formula is C22H23NO5S. The molecule has 1 aliphatic heterocycles. The Kier molecular flexibility index (Phi) is 4.94. The van der Waals surface area contributed by atoms with Gasteiger partial charge in [0.15, 0.2) is 12.4 Å². The van der Waals surface area contributed by atoms with Crippen molar-refractivity contribution in [3.05, 3.63) is 65.2 Å². The number of fused-ring (bicyclic) bond motifs is 1. The van der Waals surface area contributed by atoms with E-state index in [0.717, 1.165) is 24.0 Å². The summed E-state index contributed by atoms with van der Waals surface area (Å²) < 4.78 is 31.1. The smallest absolute Gasteiger partial charge is 0.317 e. The number of Topliss-reactive ketones (excluding diaryl/α,β-unsaturated/α-hetero) is 1. The van der Waals surface area contributed by atoms with Crippen LogP contribution in [0.25, 0.3) is 0 Å². The van der Waals surface area contributed by atoms with E-state index < -0.39 is 15.4 Å². The van der Waals surface area contributed by atoms with Crippen LogP contribution in [-0.4, -0.2) is 39.1 Å². The molecule has 0 atom stereocenters. The van der Waals surface area contributed by atoms with Gasteiger partial charge in [-0.15, -0.1) is 0 Å². The monoisotopic (exact) mass is 413 g/mol. The highest BCUT2D eigenvalue weighted by atomic mass is 32.2. The minimum atomic E-state index is -3.32. The number of ether oxygens (including phenoxy) is 1. The van der Waals surface area contributed by atoms with Crippen molar-refractivity contribution in [3.63, 3.8) is 0 Å². The predicted octanol–water partition coefficient (Wildman–Crippen LogP) is 2.86. The van der Waals surface area contributed by atoms with Gasteiger partial charge in [-0.25, -0.2) is 8.42 Å². The number of nitrogens with zero attached hydrogens (tertiary/aromatic N) is 1. The molecule has 6 nitrogen and oxygen atoms in total. The van der Waals surface area contributed by atoms with Gasteiger partial charge >= 0.3 is 5.97 Å². The Morgan fingerprint density at radius 3 is 2.48 bits per heavy atom. The molecule has 1 saturated carbocycles. The number of benzene rings is 2. The molecule has 0 aromatic heterocycles. The number of ketones is 1. The van der Waals surface area contributed by atoms with E-state index >= 15 is 0 Å². The Balaban J connectivity index is 1.43. The second-order valence-corrected chi connectivity index (χ2v) is 9.70. The zero-order valence-electron chi connectivity index (χ0n) is 16.3. The van der Waals surface area contributed by atoms with Gasteiger partial charge in [0.1, 0.15) is 0 Å². The lowest BCUT2D eigenvalue weighted by Crippen LogP contribution is -2.30. The molecule has 0 spiro atoms. The summed E-state index contributed by atoms with van der Waals surface area (Å²) in [6.07, 6.45) is 2.02. The lowest BCUT2D eigenvalue weighted by atomic mass is 9.96. The summed E-state index contributed by atoms with van der Waals surface area (Å²) in [6.45, 7) is 1.68. The Morgan fingerprint density at radius 1 is 1.10 bits per heavy atom. The minimum absolute atomic E-state index is 0.0340. The Labute approximate surface area is 170 Å². The van der Waals surface area contributed by atoms with E-state index in [1.807, 2.05) is 30.3 Å². The molecule has 1 heterocycles. The van der Waals surface area contributed by atoms with E-state index in [0.29, 0.717) is 24.2 Å². The summed E-state index contributed by atoms with van der Waals surface area (Å²) in [5.74, 6) is -0.619. The van der Waals surface area contributed by atoms with Crippen LogP contribution in [0.15, 0.2) is 48.5 Å². The van der Waals surface area contributed by atoms with Crippen LogP contribution in [0.3, 0.4) is 0 Å². The Bertz CT molecular complexity index is 1060. The first-order valence-corrected chi connectivity index (χ1v) is 11.4. The van der Waals surface area contributed by atoms with Gasteiger partial charge in [-0.05, 0) is 55.5 Å². The summed E-state index contributed by atoms with van der Waals surface area (Å²) in [7, 11) is -3.32. The molecular weight excluding hydrogens is 390 g/mol. The molecule has 0 N–H and O–H groups in total. The van der Waals surface area contributed by atoms with Crippen LogP contribution in [0.1, 0.15) is 41.3 Å². The fourth-order valence-corrected chi connectivity index (χ4v) is 4.99. The standard InChI is InChI=1S/C22H23NO5S/c1-2-29(26,27)23-13-10-16-14-17(8-9-19(16)23)20(24)15-28-21(25)22(11-12-22)18-6-4-3-5-7-18/h3-9,14H,2,10-13,15H2,1H3. The summed E-state index contributed by atoms with van der Waals surface area (Å²) in [6, 6.07) is 14.5. The van der Waals surface area contributed by atoms with Crippen LogP contribution in [0.4, 0.5) is 5.69 Å². The minimum Gasteiger partial charge on any atom is -0.457 e.